The zero-order valence-corrected chi connectivity index (χ0v) is 13.6. The minimum absolute atomic E-state index is 0.0311. The number of hydrogen-bond donors (Lipinski definition) is 2. The smallest absolute Gasteiger partial charge is 0.334 e. The molecule has 2 N–H and O–H groups in total. The maximum atomic E-state index is 11.8. The van der Waals surface area contributed by atoms with E-state index in [0.717, 1.165) is 0 Å². The lowest BCUT2D eigenvalue weighted by Gasteiger charge is -2.26. The molecule has 1 heterocycles. The van der Waals surface area contributed by atoms with Gasteiger partial charge in [-0.3, -0.25) is 10.1 Å². The Labute approximate surface area is 140 Å². The first-order chi connectivity index (χ1) is 11.3. The van der Waals surface area contributed by atoms with Gasteiger partial charge in [0.2, 0.25) is 0 Å². The lowest BCUT2D eigenvalue weighted by molar-refractivity contribution is -0.270. The summed E-state index contributed by atoms with van der Waals surface area (Å²) in [5, 5.41) is 19.5. The van der Waals surface area contributed by atoms with Gasteiger partial charge in [-0.05, 0) is 36.5 Å². The molecule has 0 radical (unpaired) electrons. The summed E-state index contributed by atoms with van der Waals surface area (Å²) in [7, 11) is 0. The predicted octanol–water partition coefficient (Wildman–Crippen LogP) is 1.53. The molecule has 1 fully saturated rings. The predicted molar refractivity (Wildman–Crippen MR) is 83.7 cm³/mol. The molecule has 7 nitrogen and oxygen atoms in total. The fourth-order valence-corrected chi connectivity index (χ4v) is 3.00. The van der Waals surface area contributed by atoms with Crippen LogP contribution in [0.15, 0.2) is 36.0 Å². The lowest BCUT2D eigenvalue weighted by Crippen LogP contribution is -2.31. The van der Waals surface area contributed by atoms with E-state index in [2.05, 4.69) is 18.0 Å². The molecule has 132 valence electrons. The van der Waals surface area contributed by atoms with E-state index < -0.39 is 36.2 Å². The number of fused-ring (bicyclic) bond motifs is 1. The van der Waals surface area contributed by atoms with Crippen molar-refractivity contribution in [3.63, 3.8) is 0 Å². The Bertz CT molecular complexity index is 577. The molecule has 0 saturated carbocycles. The number of esters is 2. The number of carbonyl (C=O) groups excluding carboxylic acids is 2. The van der Waals surface area contributed by atoms with Crippen LogP contribution in [0.25, 0.3) is 0 Å². The van der Waals surface area contributed by atoms with E-state index in [4.69, 9.17) is 14.7 Å². The van der Waals surface area contributed by atoms with Gasteiger partial charge >= 0.3 is 11.9 Å². The number of aliphatic hydroxyl groups excluding tert-OH is 1. The Kier molecular flexibility index (Phi) is 5.93. The highest BCUT2D eigenvalue weighted by atomic mass is 17.1. The van der Waals surface area contributed by atoms with Crippen LogP contribution in [0.5, 0.6) is 0 Å². The molecule has 24 heavy (non-hydrogen) atoms. The third-order valence-corrected chi connectivity index (χ3v) is 4.32. The summed E-state index contributed by atoms with van der Waals surface area (Å²) in [5.41, 5.74) is 1.39. The van der Waals surface area contributed by atoms with Crippen LogP contribution in [0.1, 0.15) is 26.2 Å². The number of hydrogen-bond acceptors (Lipinski definition) is 7. The van der Waals surface area contributed by atoms with Gasteiger partial charge in [0, 0.05) is 12.5 Å². The van der Waals surface area contributed by atoms with Gasteiger partial charge in [-0.25, -0.2) is 9.68 Å². The highest BCUT2D eigenvalue weighted by Gasteiger charge is 2.42. The van der Waals surface area contributed by atoms with Crippen LogP contribution in [-0.2, 0) is 24.0 Å². The quantitative estimate of drug-likeness (QED) is 0.264. The average Bonchev–Trinajstić information content (AvgIpc) is 2.78. The third-order valence-electron chi connectivity index (χ3n) is 4.32. The van der Waals surface area contributed by atoms with Crippen LogP contribution >= 0.6 is 0 Å². The Morgan fingerprint density at radius 1 is 1.46 bits per heavy atom. The lowest BCUT2D eigenvalue weighted by atomic mass is 9.84. The Hall–Kier alpha value is -1.96. The van der Waals surface area contributed by atoms with Crippen LogP contribution in [0.2, 0.25) is 0 Å². The van der Waals surface area contributed by atoms with Crippen LogP contribution in [0.4, 0.5) is 0 Å². The van der Waals surface area contributed by atoms with Crippen LogP contribution in [0.3, 0.4) is 0 Å². The van der Waals surface area contributed by atoms with Gasteiger partial charge < -0.3 is 14.6 Å². The summed E-state index contributed by atoms with van der Waals surface area (Å²) >= 11 is 0. The molecule has 2 aliphatic rings. The molecule has 0 aromatic heterocycles. The summed E-state index contributed by atoms with van der Waals surface area (Å²) < 4.78 is 10.3. The molecule has 1 saturated heterocycles. The number of rotatable bonds is 3. The van der Waals surface area contributed by atoms with E-state index in [1.807, 2.05) is 0 Å². The van der Waals surface area contributed by atoms with Crippen molar-refractivity contribution in [2.24, 2.45) is 5.92 Å². The first kappa shape index (κ1) is 18.4. The molecule has 1 aliphatic carbocycles. The van der Waals surface area contributed by atoms with Gasteiger partial charge in [0.1, 0.15) is 18.8 Å². The summed E-state index contributed by atoms with van der Waals surface area (Å²) in [5.74, 6) is -1.62. The molecule has 0 bridgehead atoms. The number of carbonyl (C=O) groups is 2. The Balaban J connectivity index is 2.32. The van der Waals surface area contributed by atoms with E-state index in [1.54, 1.807) is 6.08 Å². The molecule has 1 aliphatic heterocycles. The summed E-state index contributed by atoms with van der Waals surface area (Å²) in [6.07, 6.45) is 0.365. The van der Waals surface area contributed by atoms with Crippen molar-refractivity contribution < 1.29 is 34.3 Å². The Morgan fingerprint density at radius 3 is 2.79 bits per heavy atom. The first-order valence-electron chi connectivity index (χ1n) is 7.72. The highest BCUT2D eigenvalue weighted by molar-refractivity contribution is 5.91. The minimum atomic E-state index is -0.955. The molecular weight excluding hydrogens is 316 g/mol. The molecular formula is C17H22O7. The molecule has 0 amide bonds. The van der Waals surface area contributed by atoms with Gasteiger partial charge in [0.05, 0.1) is 12.0 Å². The zero-order chi connectivity index (χ0) is 17.9. The normalized spacial score (nSPS) is 31.1. The van der Waals surface area contributed by atoms with Crippen LogP contribution < -0.4 is 0 Å². The maximum absolute atomic E-state index is 11.8. The molecule has 4 unspecified atom stereocenters. The molecule has 0 aromatic carbocycles. The standard InChI is InChI=1S/C17H22O7/c1-9-6-13(19)16-10(2)17(20)23-15(16)7-12(8-22-11(3)18)4-5-14(9)24-21/h7,13-16,19,21H,1-2,4-6,8H2,3H3. The van der Waals surface area contributed by atoms with E-state index in [9.17, 15) is 14.7 Å². The van der Waals surface area contributed by atoms with Gasteiger partial charge in [-0.2, -0.15) is 0 Å². The second-order valence-corrected chi connectivity index (χ2v) is 6.09. The van der Waals surface area contributed by atoms with E-state index in [1.165, 1.54) is 6.92 Å². The van der Waals surface area contributed by atoms with Crippen molar-refractivity contribution >= 4 is 11.9 Å². The summed E-state index contributed by atoms with van der Waals surface area (Å²) in [4.78, 5) is 27.3. The van der Waals surface area contributed by atoms with E-state index in [0.29, 0.717) is 24.0 Å². The number of aliphatic hydroxyl groups is 1. The molecule has 2 rings (SSSR count). The molecule has 0 aromatic rings. The van der Waals surface area contributed by atoms with Crippen molar-refractivity contribution in [3.8, 4) is 0 Å². The number of ether oxygens (including phenoxy) is 2. The average molecular weight is 338 g/mol. The second kappa shape index (κ2) is 7.74. The fraction of sp³-hybridized carbons (Fsp3) is 0.529. The van der Waals surface area contributed by atoms with Crippen molar-refractivity contribution in [1.29, 1.82) is 0 Å². The maximum Gasteiger partial charge on any atom is 0.334 e. The molecule has 0 spiro atoms. The van der Waals surface area contributed by atoms with Crippen molar-refractivity contribution in [3.05, 3.63) is 36.0 Å². The largest absolute Gasteiger partial charge is 0.461 e. The zero-order valence-electron chi connectivity index (χ0n) is 13.6. The van der Waals surface area contributed by atoms with E-state index >= 15 is 0 Å². The van der Waals surface area contributed by atoms with Crippen molar-refractivity contribution in [2.45, 2.75) is 44.5 Å². The van der Waals surface area contributed by atoms with Gasteiger partial charge in [-0.1, -0.05) is 13.2 Å². The van der Waals surface area contributed by atoms with Gasteiger partial charge in [-0.15, -0.1) is 0 Å². The second-order valence-electron chi connectivity index (χ2n) is 6.09. The summed E-state index contributed by atoms with van der Waals surface area (Å²) in [6.45, 7) is 8.87. The Morgan fingerprint density at radius 2 is 2.17 bits per heavy atom. The SMILES string of the molecule is C=C1CC(O)C2C(=C)C(=O)OC2C=C(COC(C)=O)CCC1OO. The van der Waals surface area contributed by atoms with Crippen molar-refractivity contribution in [2.75, 3.05) is 6.61 Å². The minimum Gasteiger partial charge on any atom is -0.461 e. The monoisotopic (exact) mass is 338 g/mol. The molecule has 7 heteroatoms. The fourth-order valence-electron chi connectivity index (χ4n) is 3.00. The van der Waals surface area contributed by atoms with E-state index in [-0.39, 0.29) is 18.6 Å². The van der Waals surface area contributed by atoms with Gasteiger partial charge in [0.15, 0.2) is 0 Å². The molecule has 4 atom stereocenters. The topological polar surface area (TPSA) is 102 Å². The van der Waals surface area contributed by atoms with Crippen LogP contribution in [-0.4, -0.2) is 47.2 Å². The van der Waals surface area contributed by atoms with Crippen LogP contribution in [0, 0.1) is 5.92 Å². The first-order valence-corrected chi connectivity index (χ1v) is 7.72. The third kappa shape index (κ3) is 4.11. The van der Waals surface area contributed by atoms with Crippen molar-refractivity contribution in [1.82, 2.24) is 0 Å². The van der Waals surface area contributed by atoms with Gasteiger partial charge in [0.25, 0.3) is 0 Å². The summed E-state index contributed by atoms with van der Waals surface area (Å²) in [6, 6.07) is 0. The highest BCUT2D eigenvalue weighted by Crippen LogP contribution is 2.35.